The lowest BCUT2D eigenvalue weighted by atomic mass is 9.89. The number of rotatable bonds is 4. The number of benzene rings is 1. The van der Waals surface area contributed by atoms with Crippen LogP contribution in [-0.2, 0) is 28.8 Å². The minimum absolute atomic E-state index is 0.112. The first-order valence-electron chi connectivity index (χ1n) is 10.6. The van der Waals surface area contributed by atoms with E-state index >= 15 is 0 Å². The van der Waals surface area contributed by atoms with Crippen molar-refractivity contribution in [3.8, 4) is 0 Å². The van der Waals surface area contributed by atoms with Gasteiger partial charge in [-0.2, -0.15) is 5.10 Å². The molecule has 4 aromatic rings. The summed E-state index contributed by atoms with van der Waals surface area (Å²) in [5, 5.41) is 8.17. The van der Waals surface area contributed by atoms with E-state index in [4.69, 9.17) is 4.74 Å². The third-order valence-corrected chi connectivity index (χ3v) is 7.11. The Morgan fingerprint density at radius 2 is 2.03 bits per heavy atom. The van der Waals surface area contributed by atoms with Crippen LogP contribution in [0.4, 0.5) is 0 Å². The van der Waals surface area contributed by atoms with Crippen molar-refractivity contribution >= 4 is 38.3 Å². The molecule has 3 heterocycles. The molecule has 164 valence electrons. The smallest absolute Gasteiger partial charge is 0.312 e. The Morgan fingerprint density at radius 3 is 2.84 bits per heavy atom. The van der Waals surface area contributed by atoms with Crippen LogP contribution in [0.1, 0.15) is 48.3 Å². The lowest BCUT2D eigenvalue weighted by molar-refractivity contribution is -0.148. The van der Waals surface area contributed by atoms with Crippen molar-refractivity contribution in [2.24, 2.45) is 5.92 Å². The Morgan fingerprint density at radius 1 is 1.25 bits per heavy atom. The second-order valence-corrected chi connectivity index (χ2v) is 9.42. The summed E-state index contributed by atoms with van der Waals surface area (Å²) in [7, 11) is 0. The summed E-state index contributed by atoms with van der Waals surface area (Å²) in [6.45, 7) is 3.90. The van der Waals surface area contributed by atoms with E-state index < -0.39 is 12.1 Å². The van der Waals surface area contributed by atoms with Gasteiger partial charge in [-0.1, -0.05) is 25.1 Å². The van der Waals surface area contributed by atoms with Crippen LogP contribution in [0.5, 0.6) is 0 Å². The van der Waals surface area contributed by atoms with Crippen molar-refractivity contribution in [3.05, 3.63) is 66.9 Å². The second-order valence-electron chi connectivity index (χ2n) is 8.34. The Kier molecular flexibility index (Phi) is 5.13. The number of H-pyrrole nitrogens is 2. The van der Waals surface area contributed by atoms with Crippen molar-refractivity contribution in [2.75, 3.05) is 0 Å². The largest absolute Gasteiger partial charge is 0.454 e. The highest BCUT2D eigenvalue weighted by Gasteiger charge is 2.24. The number of nitrogens with zero attached hydrogens (tertiary/aromatic N) is 2. The third kappa shape index (κ3) is 3.62. The van der Waals surface area contributed by atoms with Gasteiger partial charge in [0.25, 0.3) is 11.1 Å². The molecular formula is C23H22N4O4S. The third-order valence-electron chi connectivity index (χ3n) is 5.96. The van der Waals surface area contributed by atoms with E-state index in [0.29, 0.717) is 38.4 Å². The average molecular weight is 451 g/mol. The Hall–Kier alpha value is -3.33. The molecule has 1 aromatic carbocycles. The van der Waals surface area contributed by atoms with Gasteiger partial charge in [-0.05, 0) is 43.7 Å². The lowest BCUT2D eigenvalue weighted by Crippen LogP contribution is -2.20. The molecule has 5 rings (SSSR count). The molecule has 0 aliphatic heterocycles. The highest BCUT2D eigenvalue weighted by Crippen LogP contribution is 2.36. The van der Waals surface area contributed by atoms with Gasteiger partial charge in [0.2, 0.25) is 0 Å². The molecule has 3 aromatic heterocycles. The van der Waals surface area contributed by atoms with Crippen molar-refractivity contribution in [3.63, 3.8) is 0 Å². The molecule has 8 nitrogen and oxygen atoms in total. The van der Waals surface area contributed by atoms with Crippen molar-refractivity contribution in [1.29, 1.82) is 0 Å². The van der Waals surface area contributed by atoms with Gasteiger partial charge in [0.15, 0.2) is 11.9 Å². The van der Waals surface area contributed by atoms with E-state index in [1.54, 1.807) is 42.5 Å². The zero-order valence-corrected chi connectivity index (χ0v) is 18.5. The predicted molar refractivity (Wildman–Crippen MR) is 122 cm³/mol. The number of esters is 1. The molecule has 0 fully saturated rings. The summed E-state index contributed by atoms with van der Waals surface area (Å²) in [5.41, 5.74) is 1.04. The van der Waals surface area contributed by atoms with E-state index in [-0.39, 0.29) is 17.5 Å². The minimum atomic E-state index is -0.730. The monoisotopic (exact) mass is 450 g/mol. The highest BCUT2D eigenvalue weighted by atomic mass is 32.1. The van der Waals surface area contributed by atoms with Gasteiger partial charge in [0, 0.05) is 10.3 Å². The number of hydrogen-bond acceptors (Lipinski definition) is 7. The van der Waals surface area contributed by atoms with Crippen molar-refractivity contribution in [2.45, 2.75) is 45.6 Å². The Labute approximate surface area is 186 Å². The van der Waals surface area contributed by atoms with Crippen LogP contribution >= 0.6 is 11.3 Å². The summed E-state index contributed by atoms with van der Waals surface area (Å²) in [4.78, 5) is 46.7. The molecule has 1 aliphatic carbocycles. The maximum atomic E-state index is 12.8. The fourth-order valence-corrected chi connectivity index (χ4v) is 5.69. The van der Waals surface area contributed by atoms with Crippen LogP contribution in [0.2, 0.25) is 0 Å². The van der Waals surface area contributed by atoms with Crippen molar-refractivity contribution < 1.29 is 9.53 Å². The topological polar surface area (TPSA) is 118 Å². The molecule has 0 saturated carbocycles. The number of ether oxygens (including phenoxy) is 1. The normalized spacial score (nSPS) is 16.8. The van der Waals surface area contributed by atoms with E-state index in [2.05, 4.69) is 27.1 Å². The number of hydrogen-bond donors (Lipinski definition) is 2. The number of aromatic nitrogens is 4. The van der Waals surface area contributed by atoms with Crippen LogP contribution in [0.3, 0.4) is 0 Å². The fraction of sp³-hybridized carbons (Fsp3) is 0.348. The SMILES string of the molecule is C[C@@H]1CCc2c(sc3nc([C@@H](C)OC(=O)Cc4n[nH]c(=O)c5ccccc45)[nH]c(=O)c23)C1. The molecule has 0 saturated heterocycles. The summed E-state index contributed by atoms with van der Waals surface area (Å²) >= 11 is 1.56. The quantitative estimate of drug-likeness (QED) is 0.461. The van der Waals surface area contributed by atoms with E-state index in [1.807, 2.05) is 0 Å². The average Bonchev–Trinajstić information content (AvgIpc) is 3.13. The zero-order chi connectivity index (χ0) is 22.4. The number of fused-ring (bicyclic) bond motifs is 4. The molecule has 0 amide bonds. The molecule has 9 heteroatoms. The predicted octanol–water partition coefficient (Wildman–Crippen LogP) is 3.19. The molecule has 1 aliphatic rings. The summed E-state index contributed by atoms with van der Waals surface area (Å²) in [6, 6.07) is 6.96. The highest BCUT2D eigenvalue weighted by molar-refractivity contribution is 7.18. The number of aromatic amines is 2. The van der Waals surface area contributed by atoms with Gasteiger partial charge < -0.3 is 9.72 Å². The van der Waals surface area contributed by atoms with Gasteiger partial charge in [-0.3, -0.25) is 14.4 Å². The molecule has 0 unspecified atom stereocenters. The van der Waals surface area contributed by atoms with Gasteiger partial charge in [0.1, 0.15) is 4.83 Å². The number of carbonyl (C=O) groups is 1. The van der Waals surface area contributed by atoms with E-state index in [0.717, 1.165) is 24.8 Å². The summed E-state index contributed by atoms with van der Waals surface area (Å²) < 4.78 is 5.54. The summed E-state index contributed by atoms with van der Waals surface area (Å²) in [5.74, 6) is 0.401. The van der Waals surface area contributed by atoms with Gasteiger partial charge in [0.05, 0.1) is 22.9 Å². The zero-order valence-electron chi connectivity index (χ0n) is 17.7. The molecular weight excluding hydrogens is 428 g/mol. The minimum Gasteiger partial charge on any atom is -0.454 e. The first kappa shape index (κ1) is 20.6. The molecule has 0 radical (unpaired) electrons. The second kappa shape index (κ2) is 7.98. The molecule has 0 bridgehead atoms. The van der Waals surface area contributed by atoms with Crippen LogP contribution < -0.4 is 11.1 Å². The van der Waals surface area contributed by atoms with Crippen molar-refractivity contribution in [1.82, 2.24) is 20.2 Å². The summed E-state index contributed by atoms with van der Waals surface area (Å²) in [6.07, 6.45) is 2.09. The lowest BCUT2D eigenvalue weighted by Gasteiger charge is -2.17. The molecule has 0 spiro atoms. The van der Waals surface area contributed by atoms with E-state index in [1.165, 1.54) is 4.88 Å². The maximum Gasteiger partial charge on any atom is 0.312 e. The Balaban J connectivity index is 1.39. The Bertz CT molecular complexity index is 1470. The van der Waals surface area contributed by atoms with Crippen LogP contribution in [0.15, 0.2) is 33.9 Å². The number of thiophene rings is 1. The number of nitrogens with one attached hydrogen (secondary N) is 2. The van der Waals surface area contributed by atoms with E-state index in [9.17, 15) is 14.4 Å². The van der Waals surface area contributed by atoms with Gasteiger partial charge in [-0.25, -0.2) is 10.1 Å². The first-order chi connectivity index (χ1) is 15.4. The van der Waals surface area contributed by atoms with Gasteiger partial charge >= 0.3 is 5.97 Å². The van der Waals surface area contributed by atoms with Crippen LogP contribution in [0, 0.1) is 5.92 Å². The van der Waals surface area contributed by atoms with Crippen LogP contribution in [0.25, 0.3) is 21.0 Å². The molecule has 2 N–H and O–H groups in total. The first-order valence-corrected chi connectivity index (χ1v) is 11.4. The number of carbonyl (C=O) groups excluding carboxylic acids is 1. The fourth-order valence-electron chi connectivity index (χ4n) is 4.30. The van der Waals surface area contributed by atoms with Gasteiger partial charge in [-0.15, -0.1) is 11.3 Å². The van der Waals surface area contributed by atoms with Crippen LogP contribution in [-0.4, -0.2) is 26.1 Å². The maximum absolute atomic E-state index is 12.8. The number of aryl methyl sites for hydroxylation is 1. The standard InChI is InChI=1S/C23H22N4O4S/c1-11-7-8-15-17(9-11)32-23-19(15)22(30)24-20(25-23)12(2)31-18(28)10-16-13-5-3-4-6-14(13)21(29)27-26-16/h3-6,11-12H,7-10H2,1-2H3,(H,27,29)(H,24,25,30)/t11-,12-/m1/s1. The molecule has 2 atom stereocenters. The molecule has 32 heavy (non-hydrogen) atoms.